The molecule has 3 rings (SSSR count). The minimum absolute atomic E-state index is 0.0877. The molecule has 2 aromatic rings. The maximum Gasteiger partial charge on any atom is 0.329 e. The highest BCUT2D eigenvalue weighted by Gasteiger charge is 2.33. The highest BCUT2D eigenvalue weighted by atomic mass is 79.9. The van der Waals surface area contributed by atoms with Crippen molar-refractivity contribution in [2.75, 3.05) is 0 Å². The first-order chi connectivity index (χ1) is 11.3. The van der Waals surface area contributed by atoms with Crippen LogP contribution >= 0.6 is 55.1 Å². The normalized spacial score (nSPS) is 16.2. The first-order valence-corrected chi connectivity index (χ1v) is 8.92. The zero-order valence-corrected chi connectivity index (χ0v) is 16.5. The third kappa shape index (κ3) is 3.54. The number of benzene rings is 1. The lowest BCUT2D eigenvalue weighted by Gasteiger charge is -2.12. The molecular weight excluding hydrogens is 487 g/mol. The number of furan rings is 1. The number of amides is 3. The fourth-order valence-electron chi connectivity index (χ4n) is 2.11. The fraction of sp³-hybridized carbons (Fsp3) is 0.0667. The Morgan fingerprint density at radius 3 is 2.54 bits per heavy atom. The summed E-state index contributed by atoms with van der Waals surface area (Å²) in [6, 6.07) is 6.11. The van der Waals surface area contributed by atoms with Crippen molar-refractivity contribution in [1.29, 1.82) is 0 Å². The Morgan fingerprint density at radius 1 is 1.17 bits per heavy atom. The number of urea groups is 1. The van der Waals surface area contributed by atoms with E-state index in [2.05, 4.69) is 37.2 Å². The maximum absolute atomic E-state index is 12.4. The Labute approximate surface area is 163 Å². The van der Waals surface area contributed by atoms with Crippen LogP contribution in [0.25, 0.3) is 6.08 Å². The van der Waals surface area contributed by atoms with Crippen molar-refractivity contribution in [2.24, 2.45) is 0 Å². The lowest BCUT2D eigenvalue weighted by molar-refractivity contribution is -0.123. The van der Waals surface area contributed by atoms with Gasteiger partial charge in [0, 0.05) is 6.08 Å². The van der Waals surface area contributed by atoms with E-state index in [1.165, 1.54) is 6.08 Å². The molecule has 0 aliphatic carbocycles. The van der Waals surface area contributed by atoms with Crippen LogP contribution in [0.2, 0.25) is 10.0 Å². The molecule has 0 saturated carbocycles. The zero-order chi connectivity index (χ0) is 17.4. The lowest BCUT2D eigenvalue weighted by Crippen LogP contribution is -2.30. The molecular formula is C15H8Br2Cl2N2O3. The van der Waals surface area contributed by atoms with Gasteiger partial charge in [0.05, 0.1) is 21.1 Å². The summed E-state index contributed by atoms with van der Waals surface area (Å²) < 4.78 is 6.59. The van der Waals surface area contributed by atoms with Crippen molar-refractivity contribution >= 4 is 73.1 Å². The second kappa shape index (κ2) is 6.92. The van der Waals surface area contributed by atoms with E-state index in [0.29, 0.717) is 30.5 Å². The number of nitrogens with zero attached hydrogens (tertiary/aromatic N) is 1. The van der Waals surface area contributed by atoms with E-state index in [0.717, 1.165) is 4.90 Å². The van der Waals surface area contributed by atoms with Crippen molar-refractivity contribution in [3.8, 4) is 0 Å². The van der Waals surface area contributed by atoms with E-state index in [1.807, 2.05) is 0 Å². The molecule has 3 amide bonds. The highest BCUT2D eigenvalue weighted by molar-refractivity contribution is 9.13. The molecule has 1 N–H and O–H groups in total. The molecule has 0 atom stereocenters. The number of carbonyl (C=O) groups is 2. The molecule has 1 aliphatic heterocycles. The third-order valence-electron chi connectivity index (χ3n) is 3.24. The highest BCUT2D eigenvalue weighted by Crippen LogP contribution is 2.29. The fourth-order valence-corrected chi connectivity index (χ4v) is 3.04. The summed E-state index contributed by atoms with van der Waals surface area (Å²) in [5.74, 6) is -0.0245. The summed E-state index contributed by atoms with van der Waals surface area (Å²) in [6.45, 7) is 0.0877. The van der Waals surface area contributed by atoms with Crippen molar-refractivity contribution in [3.63, 3.8) is 0 Å². The van der Waals surface area contributed by atoms with Gasteiger partial charge in [-0.05, 0) is 55.6 Å². The molecule has 1 saturated heterocycles. The standard InChI is InChI=1S/C15H8Br2Cl2N2O3/c16-9-4-8(24-13(9)17)5-12-14(22)21(15(23)20-12)6-7-1-2-10(18)11(19)3-7/h1-5H,6H2,(H,20,23)/b12-5-. The second-order valence-electron chi connectivity index (χ2n) is 4.90. The van der Waals surface area contributed by atoms with Crippen molar-refractivity contribution in [1.82, 2.24) is 10.2 Å². The number of carbonyl (C=O) groups excluding carboxylic acids is 2. The van der Waals surface area contributed by atoms with E-state index in [9.17, 15) is 9.59 Å². The van der Waals surface area contributed by atoms with Crippen LogP contribution in [0, 0.1) is 0 Å². The Kier molecular flexibility index (Phi) is 5.05. The Morgan fingerprint density at radius 2 is 1.92 bits per heavy atom. The van der Waals surface area contributed by atoms with Gasteiger partial charge in [-0.1, -0.05) is 29.3 Å². The molecule has 24 heavy (non-hydrogen) atoms. The summed E-state index contributed by atoms with van der Waals surface area (Å²) in [6.07, 6.45) is 1.46. The van der Waals surface area contributed by atoms with Crippen LogP contribution in [0.1, 0.15) is 11.3 Å². The van der Waals surface area contributed by atoms with Crippen LogP contribution in [0.4, 0.5) is 4.79 Å². The average molecular weight is 495 g/mol. The number of rotatable bonds is 3. The molecule has 0 radical (unpaired) electrons. The number of hydrogen-bond acceptors (Lipinski definition) is 3. The minimum Gasteiger partial charge on any atom is -0.449 e. The van der Waals surface area contributed by atoms with Gasteiger partial charge in [0.1, 0.15) is 11.5 Å². The van der Waals surface area contributed by atoms with Crippen LogP contribution in [-0.2, 0) is 11.3 Å². The van der Waals surface area contributed by atoms with E-state index < -0.39 is 11.9 Å². The van der Waals surface area contributed by atoms with E-state index in [-0.39, 0.29) is 12.2 Å². The van der Waals surface area contributed by atoms with Crippen molar-refractivity contribution < 1.29 is 14.0 Å². The van der Waals surface area contributed by atoms with Gasteiger partial charge in [-0.3, -0.25) is 9.69 Å². The summed E-state index contributed by atoms with van der Waals surface area (Å²) in [5, 5.41) is 3.30. The predicted octanol–water partition coefficient (Wildman–Crippen LogP) is 5.20. The molecule has 1 aromatic carbocycles. The molecule has 124 valence electrons. The molecule has 2 heterocycles. The first kappa shape index (κ1) is 17.5. The summed E-state index contributed by atoms with van der Waals surface area (Å²) in [4.78, 5) is 25.6. The average Bonchev–Trinajstić information content (AvgIpc) is 2.97. The Hall–Kier alpha value is -1.28. The Balaban J connectivity index is 1.82. The molecule has 0 bridgehead atoms. The minimum atomic E-state index is -0.512. The molecule has 0 spiro atoms. The lowest BCUT2D eigenvalue weighted by atomic mass is 10.2. The van der Waals surface area contributed by atoms with Crippen LogP contribution in [-0.4, -0.2) is 16.8 Å². The predicted molar refractivity (Wildman–Crippen MR) is 97.6 cm³/mol. The second-order valence-corrected chi connectivity index (χ2v) is 7.29. The molecule has 1 fully saturated rings. The summed E-state index contributed by atoms with van der Waals surface area (Å²) >= 11 is 18.3. The number of halogens is 4. The number of hydrogen-bond donors (Lipinski definition) is 1. The van der Waals surface area contributed by atoms with Crippen LogP contribution in [0.3, 0.4) is 0 Å². The quantitative estimate of drug-likeness (QED) is 0.471. The number of nitrogens with one attached hydrogen (secondary N) is 1. The molecule has 5 nitrogen and oxygen atoms in total. The summed E-state index contributed by atoms with van der Waals surface area (Å²) in [5.41, 5.74) is 0.825. The van der Waals surface area contributed by atoms with Gasteiger partial charge in [-0.25, -0.2) is 4.79 Å². The van der Waals surface area contributed by atoms with Gasteiger partial charge in [-0.2, -0.15) is 0 Å². The molecule has 1 aliphatic rings. The summed E-state index contributed by atoms with van der Waals surface area (Å²) in [7, 11) is 0. The number of imide groups is 1. The van der Waals surface area contributed by atoms with Crippen molar-refractivity contribution in [2.45, 2.75) is 6.54 Å². The molecule has 0 unspecified atom stereocenters. The third-order valence-corrected chi connectivity index (χ3v) is 5.69. The van der Waals surface area contributed by atoms with E-state index in [1.54, 1.807) is 24.3 Å². The van der Waals surface area contributed by atoms with Crippen molar-refractivity contribution in [3.05, 3.63) is 60.5 Å². The van der Waals surface area contributed by atoms with Gasteiger partial charge in [-0.15, -0.1) is 0 Å². The topological polar surface area (TPSA) is 62.6 Å². The largest absolute Gasteiger partial charge is 0.449 e. The van der Waals surface area contributed by atoms with Gasteiger partial charge >= 0.3 is 6.03 Å². The van der Waals surface area contributed by atoms with Crippen LogP contribution in [0.15, 0.2) is 43.5 Å². The first-order valence-electron chi connectivity index (χ1n) is 6.58. The van der Waals surface area contributed by atoms with E-state index >= 15 is 0 Å². The Bertz CT molecular complexity index is 860. The van der Waals surface area contributed by atoms with Gasteiger partial charge in [0.2, 0.25) is 0 Å². The van der Waals surface area contributed by atoms with Gasteiger partial charge in [0.25, 0.3) is 5.91 Å². The molecule has 1 aromatic heterocycles. The molecule has 9 heteroatoms. The zero-order valence-electron chi connectivity index (χ0n) is 11.8. The SMILES string of the molecule is O=C1N/C(=C\c2cc(Br)c(Br)o2)C(=O)N1Cc1ccc(Cl)c(Cl)c1. The monoisotopic (exact) mass is 492 g/mol. The van der Waals surface area contributed by atoms with Crippen LogP contribution < -0.4 is 5.32 Å². The smallest absolute Gasteiger partial charge is 0.329 e. The van der Waals surface area contributed by atoms with E-state index in [4.69, 9.17) is 27.6 Å². The maximum atomic E-state index is 12.4. The van der Waals surface area contributed by atoms with Crippen LogP contribution in [0.5, 0.6) is 0 Å². The van der Waals surface area contributed by atoms with Gasteiger partial charge in [0.15, 0.2) is 4.67 Å². The van der Waals surface area contributed by atoms with Gasteiger partial charge < -0.3 is 9.73 Å².